The molecule has 1 saturated heterocycles. The third-order valence-corrected chi connectivity index (χ3v) is 3.50. The molecule has 0 aliphatic carbocycles. The molecule has 100 valence electrons. The molecule has 0 bridgehead atoms. The van der Waals surface area contributed by atoms with E-state index in [0.717, 1.165) is 12.1 Å². The van der Waals surface area contributed by atoms with Gasteiger partial charge in [-0.2, -0.15) is 0 Å². The molecule has 1 aromatic rings. The highest BCUT2D eigenvalue weighted by atomic mass is 16.2. The van der Waals surface area contributed by atoms with Crippen molar-refractivity contribution < 1.29 is 9.59 Å². The predicted molar refractivity (Wildman–Crippen MR) is 74.7 cm³/mol. The molecule has 2 amide bonds. The molecular formula is C15H18N2O2. The summed E-state index contributed by atoms with van der Waals surface area (Å²) in [5.74, 6) is -0.155. The second kappa shape index (κ2) is 5.69. The third kappa shape index (κ3) is 2.84. The molecule has 19 heavy (non-hydrogen) atoms. The number of hydrogen-bond acceptors (Lipinski definition) is 2. The summed E-state index contributed by atoms with van der Waals surface area (Å²) < 4.78 is 0. The lowest BCUT2D eigenvalue weighted by Crippen LogP contribution is -2.35. The van der Waals surface area contributed by atoms with Crippen molar-refractivity contribution in [3.63, 3.8) is 0 Å². The lowest BCUT2D eigenvalue weighted by Gasteiger charge is -2.21. The monoisotopic (exact) mass is 258 g/mol. The van der Waals surface area contributed by atoms with E-state index >= 15 is 0 Å². The Kier molecular flexibility index (Phi) is 4.00. The molecule has 0 saturated carbocycles. The fourth-order valence-corrected chi connectivity index (χ4v) is 2.34. The van der Waals surface area contributed by atoms with E-state index in [1.54, 1.807) is 16.8 Å². The quantitative estimate of drug-likeness (QED) is 0.774. The molecule has 0 unspecified atom stereocenters. The maximum absolute atomic E-state index is 12.4. The molecular weight excluding hydrogens is 240 g/mol. The molecule has 0 radical (unpaired) electrons. The molecule has 4 nitrogen and oxygen atoms in total. The van der Waals surface area contributed by atoms with Crippen LogP contribution in [0.3, 0.4) is 0 Å². The summed E-state index contributed by atoms with van der Waals surface area (Å²) in [6.45, 7) is 4.59. The van der Waals surface area contributed by atoms with Crippen molar-refractivity contribution in [3.8, 4) is 0 Å². The average Bonchev–Trinajstić information content (AvgIpc) is 2.95. The van der Waals surface area contributed by atoms with Crippen molar-refractivity contribution >= 4 is 17.5 Å². The summed E-state index contributed by atoms with van der Waals surface area (Å²) in [6, 6.07) is 9.53. The number of nitrogens with zero attached hydrogens (tertiary/aromatic N) is 2. The third-order valence-electron chi connectivity index (χ3n) is 3.50. The molecule has 1 aromatic carbocycles. The van der Waals surface area contributed by atoms with Crippen LogP contribution >= 0.6 is 0 Å². The fraction of sp³-hybridized carbons (Fsp3) is 0.333. The Morgan fingerprint density at radius 2 is 2.05 bits per heavy atom. The Morgan fingerprint density at radius 3 is 2.68 bits per heavy atom. The van der Waals surface area contributed by atoms with Gasteiger partial charge in [-0.15, -0.1) is 0 Å². The first-order valence-electron chi connectivity index (χ1n) is 6.37. The van der Waals surface area contributed by atoms with Crippen LogP contribution in [0.1, 0.15) is 6.42 Å². The SMILES string of the molecule is C=CC(=O)N1CC[C@@H](C(=O)N(C)c2ccccc2)C1. The highest BCUT2D eigenvalue weighted by molar-refractivity contribution is 5.95. The van der Waals surface area contributed by atoms with Crippen LogP contribution in [-0.2, 0) is 9.59 Å². The van der Waals surface area contributed by atoms with Crippen LogP contribution in [0.25, 0.3) is 0 Å². The highest BCUT2D eigenvalue weighted by Crippen LogP contribution is 2.21. The Labute approximate surface area is 113 Å². The number of benzene rings is 1. The van der Waals surface area contributed by atoms with Crippen molar-refractivity contribution in [1.29, 1.82) is 0 Å². The van der Waals surface area contributed by atoms with Crippen LogP contribution < -0.4 is 4.90 Å². The normalized spacial score (nSPS) is 18.2. The zero-order valence-electron chi connectivity index (χ0n) is 11.1. The van der Waals surface area contributed by atoms with Crippen LogP contribution in [0.15, 0.2) is 43.0 Å². The van der Waals surface area contributed by atoms with Crippen LogP contribution in [0.4, 0.5) is 5.69 Å². The van der Waals surface area contributed by atoms with Crippen molar-refractivity contribution in [3.05, 3.63) is 43.0 Å². The predicted octanol–water partition coefficient (Wildman–Crippen LogP) is 1.68. The standard InChI is InChI=1S/C15H18N2O2/c1-3-14(18)17-10-9-12(11-17)15(19)16(2)13-7-5-4-6-8-13/h3-8,12H,1,9-11H2,2H3/t12-/m1/s1. The van der Waals surface area contributed by atoms with Gasteiger partial charge in [0.2, 0.25) is 11.8 Å². The molecule has 0 aromatic heterocycles. The molecule has 1 fully saturated rings. The summed E-state index contributed by atoms with van der Waals surface area (Å²) in [7, 11) is 1.77. The van der Waals surface area contributed by atoms with Crippen molar-refractivity contribution in [1.82, 2.24) is 4.90 Å². The van der Waals surface area contributed by atoms with E-state index < -0.39 is 0 Å². The van der Waals surface area contributed by atoms with E-state index in [1.807, 2.05) is 30.3 Å². The molecule has 4 heteroatoms. The average molecular weight is 258 g/mol. The second-order valence-electron chi connectivity index (χ2n) is 4.71. The first-order chi connectivity index (χ1) is 9.13. The van der Waals surface area contributed by atoms with Crippen molar-refractivity contribution in [2.24, 2.45) is 5.92 Å². The van der Waals surface area contributed by atoms with E-state index in [0.29, 0.717) is 13.1 Å². The van der Waals surface area contributed by atoms with E-state index in [1.165, 1.54) is 6.08 Å². The van der Waals surface area contributed by atoms with E-state index in [2.05, 4.69) is 6.58 Å². The number of likely N-dealkylation sites (tertiary alicyclic amines) is 1. The minimum absolute atomic E-state index is 0.0607. The Balaban J connectivity index is 2.02. The minimum Gasteiger partial charge on any atom is -0.338 e. The van der Waals surface area contributed by atoms with Gasteiger partial charge in [0.15, 0.2) is 0 Å². The topological polar surface area (TPSA) is 40.6 Å². The van der Waals surface area contributed by atoms with Gasteiger partial charge in [-0.3, -0.25) is 9.59 Å². The summed E-state index contributed by atoms with van der Waals surface area (Å²) >= 11 is 0. The number of carbonyl (C=O) groups excluding carboxylic acids is 2. The maximum atomic E-state index is 12.4. The second-order valence-corrected chi connectivity index (χ2v) is 4.71. The zero-order valence-corrected chi connectivity index (χ0v) is 11.1. The molecule has 0 N–H and O–H groups in total. The molecule has 1 aliphatic heterocycles. The first kappa shape index (κ1) is 13.3. The summed E-state index contributed by atoms with van der Waals surface area (Å²) in [6.07, 6.45) is 2.02. The zero-order chi connectivity index (χ0) is 13.8. The van der Waals surface area contributed by atoms with Gasteiger partial charge in [-0.05, 0) is 24.6 Å². The van der Waals surface area contributed by atoms with E-state index in [-0.39, 0.29) is 17.7 Å². The van der Waals surface area contributed by atoms with Crippen LogP contribution in [0.2, 0.25) is 0 Å². The summed E-state index contributed by atoms with van der Waals surface area (Å²) in [5.41, 5.74) is 0.876. The number of anilines is 1. The van der Waals surface area contributed by atoms with Gasteiger partial charge in [0.1, 0.15) is 0 Å². The van der Waals surface area contributed by atoms with Gasteiger partial charge in [-0.25, -0.2) is 0 Å². The molecule has 1 aliphatic rings. The van der Waals surface area contributed by atoms with Gasteiger partial charge < -0.3 is 9.80 Å². The maximum Gasteiger partial charge on any atom is 0.245 e. The Bertz CT molecular complexity index is 484. The number of carbonyl (C=O) groups is 2. The molecule has 0 spiro atoms. The largest absolute Gasteiger partial charge is 0.338 e. The molecule has 2 rings (SSSR count). The lowest BCUT2D eigenvalue weighted by molar-refractivity contribution is -0.125. The molecule has 1 heterocycles. The van der Waals surface area contributed by atoms with Gasteiger partial charge in [0.05, 0.1) is 5.92 Å². The first-order valence-corrected chi connectivity index (χ1v) is 6.37. The minimum atomic E-state index is -0.117. The van der Waals surface area contributed by atoms with E-state index in [4.69, 9.17) is 0 Å². The number of amides is 2. The summed E-state index contributed by atoms with van der Waals surface area (Å²) in [4.78, 5) is 27.2. The van der Waals surface area contributed by atoms with Gasteiger partial charge in [-0.1, -0.05) is 24.8 Å². The van der Waals surface area contributed by atoms with Crippen molar-refractivity contribution in [2.75, 3.05) is 25.0 Å². The van der Waals surface area contributed by atoms with Crippen molar-refractivity contribution in [2.45, 2.75) is 6.42 Å². The van der Waals surface area contributed by atoms with Gasteiger partial charge >= 0.3 is 0 Å². The number of hydrogen-bond donors (Lipinski definition) is 0. The Morgan fingerprint density at radius 1 is 1.37 bits per heavy atom. The Hall–Kier alpha value is -2.10. The van der Waals surface area contributed by atoms with E-state index in [9.17, 15) is 9.59 Å². The van der Waals surface area contributed by atoms with Crippen LogP contribution in [0, 0.1) is 5.92 Å². The molecule has 1 atom stereocenters. The number of para-hydroxylation sites is 1. The van der Waals surface area contributed by atoms with Gasteiger partial charge in [0, 0.05) is 25.8 Å². The van der Waals surface area contributed by atoms with Gasteiger partial charge in [0.25, 0.3) is 0 Å². The lowest BCUT2D eigenvalue weighted by atomic mass is 10.1. The fourth-order valence-electron chi connectivity index (χ4n) is 2.34. The van der Waals surface area contributed by atoms with Crippen LogP contribution in [-0.4, -0.2) is 36.9 Å². The van der Waals surface area contributed by atoms with Crippen LogP contribution in [0.5, 0.6) is 0 Å². The smallest absolute Gasteiger partial charge is 0.245 e. The number of rotatable bonds is 3. The summed E-state index contributed by atoms with van der Waals surface area (Å²) in [5, 5.41) is 0. The highest BCUT2D eigenvalue weighted by Gasteiger charge is 2.32.